The average molecular weight is 548 g/mol. The number of aryl methyl sites for hydroxylation is 2. The van der Waals surface area contributed by atoms with Crippen molar-refractivity contribution in [3.05, 3.63) is 88.5 Å². The molecule has 0 atom stereocenters. The third-order valence-electron chi connectivity index (χ3n) is 6.61. The molecule has 0 radical (unpaired) electrons. The molecular weight excluding hydrogens is 518 g/mol. The molecule has 0 fully saturated rings. The molecule has 2 amide bonds. The number of amides is 2. The Morgan fingerprint density at radius 2 is 1.90 bits per heavy atom. The first-order valence-electron chi connectivity index (χ1n) is 13.2. The van der Waals surface area contributed by atoms with Gasteiger partial charge in [-0.25, -0.2) is 14.5 Å². The van der Waals surface area contributed by atoms with Crippen LogP contribution >= 0.6 is 0 Å². The van der Waals surface area contributed by atoms with Gasteiger partial charge in [-0.3, -0.25) is 14.7 Å². The lowest BCUT2D eigenvalue weighted by Crippen LogP contribution is -2.22. The highest BCUT2D eigenvalue weighted by Gasteiger charge is 2.15. The first-order valence-corrected chi connectivity index (χ1v) is 13.2. The zero-order chi connectivity index (χ0) is 28.9. The maximum Gasteiger partial charge on any atom is 0.324 e. The van der Waals surface area contributed by atoms with Gasteiger partial charge in [0.05, 0.1) is 23.0 Å². The highest BCUT2D eigenvalue weighted by Crippen LogP contribution is 2.24. The van der Waals surface area contributed by atoms with Crippen LogP contribution in [0.5, 0.6) is 0 Å². The average Bonchev–Trinajstić information content (AvgIpc) is 3.39. The van der Waals surface area contributed by atoms with Crippen molar-refractivity contribution in [2.45, 2.75) is 26.2 Å². The van der Waals surface area contributed by atoms with Crippen LogP contribution in [0.25, 0.3) is 27.8 Å². The van der Waals surface area contributed by atoms with Crippen molar-refractivity contribution in [1.82, 2.24) is 24.3 Å². The largest absolute Gasteiger partial charge is 0.357 e. The Morgan fingerprint density at radius 1 is 1.07 bits per heavy atom. The van der Waals surface area contributed by atoms with Gasteiger partial charge in [-0.1, -0.05) is 31.5 Å². The van der Waals surface area contributed by atoms with E-state index in [0.717, 1.165) is 25.0 Å². The van der Waals surface area contributed by atoms with Crippen molar-refractivity contribution in [2.24, 2.45) is 7.05 Å². The third kappa shape index (κ3) is 5.77. The van der Waals surface area contributed by atoms with Crippen molar-refractivity contribution in [1.29, 1.82) is 5.26 Å². The summed E-state index contributed by atoms with van der Waals surface area (Å²) in [5.41, 5.74) is 3.91. The molecule has 5 rings (SSSR count). The molecule has 0 spiro atoms. The van der Waals surface area contributed by atoms with Crippen LogP contribution in [-0.2, 0) is 13.5 Å². The Labute approximate surface area is 236 Å². The molecule has 206 valence electrons. The van der Waals surface area contributed by atoms with Crippen molar-refractivity contribution in [2.75, 3.05) is 23.0 Å². The summed E-state index contributed by atoms with van der Waals surface area (Å²) in [6.45, 7) is 2.11. The lowest BCUT2D eigenvalue weighted by molar-refractivity contribution is 0.262. The van der Waals surface area contributed by atoms with Crippen LogP contribution in [-0.4, -0.2) is 37.4 Å². The number of aromatic nitrogens is 5. The minimum atomic E-state index is -0.471. The van der Waals surface area contributed by atoms with E-state index in [-0.39, 0.29) is 5.56 Å². The molecule has 2 aromatic carbocycles. The Morgan fingerprint density at radius 3 is 2.68 bits per heavy atom. The fourth-order valence-electron chi connectivity index (χ4n) is 4.52. The molecule has 3 aromatic heterocycles. The summed E-state index contributed by atoms with van der Waals surface area (Å²) in [7, 11) is 3.38. The van der Waals surface area contributed by atoms with Gasteiger partial charge in [-0.2, -0.15) is 15.3 Å². The van der Waals surface area contributed by atoms with Gasteiger partial charge in [0.15, 0.2) is 0 Å². The lowest BCUT2D eigenvalue weighted by Gasteiger charge is -2.12. The van der Waals surface area contributed by atoms with Crippen LogP contribution in [0.2, 0.25) is 0 Å². The molecule has 0 unspecified atom stereocenters. The van der Waals surface area contributed by atoms with Gasteiger partial charge >= 0.3 is 6.03 Å². The zero-order valence-electron chi connectivity index (χ0n) is 23.0. The molecule has 11 nitrogen and oxygen atoms in total. The highest BCUT2D eigenvalue weighted by molar-refractivity contribution is 6.00. The van der Waals surface area contributed by atoms with Crippen molar-refractivity contribution in [3.8, 4) is 22.9 Å². The van der Waals surface area contributed by atoms with Crippen molar-refractivity contribution in [3.63, 3.8) is 0 Å². The normalized spacial score (nSPS) is 10.8. The van der Waals surface area contributed by atoms with Crippen LogP contribution in [0.3, 0.4) is 0 Å². The second-order valence-corrected chi connectivity index (χ2v) is 9.50. The maximum absolute atomic E-state index is 13.2. The fraction of sp³-hybridized carbons (Fsp3) is 0.200. The number of benzene rings is 2. The van der Waals surface area contributed by atoms with E-state index >= 15 is 0 Å². The van der Waals surface area contributed by atoms with E-state index in [9.17, 15) is 14.9 Å². The number of hydrogen-bond donors (Lipinski definition) is 3. The molecular formula is C30H29N9O2. The molecule has 41 heavy (non-hydrogen) atoms. The molecule has 0 aliphatic heterocycles. The number of anilines is 3. The van der Waals surface area contributed by atoms with Crippen LogP contribution in [0.15, 0.2) is 71.7 Å². The number of rotatable bonds is 8. The summed E-state index contributed by atoms with van der Waals surface area (Å²) in [6, 6.07) is 19.4. The monoisotopic (exact) mass is 547 g/mol. The topological polar surface area (TPSA) is 143 Å². The molecule has 3 heterocycles. The number of urea groups is 1. The van der Waals surface area contributed by atoms with Gasteiger partial charge in [0, 0.05) is 43.0 Å². The molecule has 3 N–H and O–H groups in total. The van der Waals surface area contributed by atoms with Gasteiger partial charge in [0.2, 0.25) is 5.95 Å². The van der Waals surface area contributed by atoms with Crippen LogP contribution in [0.4, 0.5) is 22.2 Å². The SMILES string of the molecule is CCCCc1cc(NC(=O)Nc2cccc(-c3cc4cnc(NC)nc4n(C)c3=O)c2)n(-c2cccc(C#N)c2)n1. The fourth-order valence-corrected chi connectivity index (χ4v) is 4.52. The molecule has 11 heteroatoms. The Bertz CT molecular complexity index is 1850. The first-order chi connectivity index (χ1) is 19.9. The van der Waals surface area contributed by atoms with E-state index in [1.807, 2.05) is 18.2 Å². The molecule has 0 aliphatic carbocycles. The molecule has 0 saturated carbocycles. The number of fused-ring (bicyclic) bond motifs is 1. The number of nitriles is 1. The van der Waals surface area contributed by atoms with Crippen LogP contribution < -0.4 is 21.5 Å². The second kappa shape index (κ2) is 11.7. The third-order valence-corrected chi connectivity index (χ3v) is 6.61. The number of nitrogens with zero attached hydrogens (tertiary/aromatic N) is 6. The number of carbonyl (C=O) groups excluding carboxylic acids is 1. The predicted octanol–water partition coefficient (Wildman–Crippen LogP) is 5.08. The predicted molar refractivity (Wildman–Crippen MR) is 159 cm³/mol. The molecule has 0 saturated heterocycles. The Balaban J connectivity index is 1.41. The summed E-state index contributed by atoms with van der Waals surface area (Å²) in [6.07, 6.45) is 4.41. The quantitative estimate of drug-likeness (QED) is 0.246. The summed E-state index contributed by atoms with van der Waals surface area (Å²) >= 11 is 0. The van der Waals surface area contributed by atoms with Gasteiger partial charge in [-0.05, 0) is 54.8 Å². The van der Waals surface area contributed by atoms with Gasteiger partial charge in [0.1, 0.15) is 11.5 Å². The van der Waals surface area contributed by atoms with Crippen LogP contribution in [0.1, 0.15) is 31.0 Å². The Kier molecular flexibility index (Phi) is 7.74. The summed E-state index contributed by atoms with van der Waals surface area (Å²) < 4.78 is 3.11. The van der Waals surface area contributed by atoms with E-state index in [0.29, 0.717) is 50.9 Å². The summed E-state index contributed by atoms with van der Waals surface area (Å²) in [4.78, 5) is 35.0. The van der Waals surface area contributed by atoms with E-state index in [4.69, 9.17) is 0 Å². The second-order valence-electron chi connectivity index (χ2n) is 9.50. The molecule has 0 bridgehead atoms. The molecule has 0 aliphatic rings. The van der Waals surface area contributed by atoms with Crippen LogP contribution in [0, 0.1) is 11.3 Å². The van der Waals surface area contributed by atoms with Gasteiger partial charge in [0.25, 0.3) is 5.56 Å². The smallest absolute Gasteiger partial charge is 0.324 e. The van der Waals surface area contributed by atoms with Gasteiger partial charge < -0.3 is 10.6 Å². The van der Waals surface area contributed by atoms with Gasteiger partial charge in [-0.15, -0.1) is 0 Å². The lowest BCUT2D eigenvalue weighted by atomic mass is 10.1. The minimum absolute atomic E-state index is 0.219. The van der Waals surface area contributed by atoms with Crippen molar-refractivity contribution < 1.29 is 4.79 Å². The number of unbranched alkanes of at least 4 members (excludes halogenated alkanes) is 1. The minimum Gasteiger partial charge on any atom is -0.357 e. The van der Waals surface area contributed by atoms with E-state index in [2.05, 4.69) is 44.0 Å². The number of carbonyl (C=O) groups is 1. The summed E-state index contributed by atoms with van der Waals surface area (Å²) in [5, 5.41) is 23.3. The van der Waals surface area contributed by atoms with E-state index in [1.165, 1.54) is 4.57 Å². The van der Waals surface area contributed by atoms with E-state index in [1.54, 1.807) is 67.4 Å². The number of hydrogen-bond acceptors (Lipinski definition) is 7. The molecule has 5 aromatic rings. The van der Waals surface area contributed by atoms with E-state index < -0.39 is 6.03 Å². The Hall–Kier alpha value is -5.50. The zero-order valence-corrected chi connectivity index (χ0v) is 23.0. The maximum atomic E-state index is 13.2. The first kappa shape index (κ1) is 27.1. The number of pyridine rings is 1. The number of nitrogens with one attached hydrogen (secondary N) is 3. The standard InChI is InChI=1S/C30H29N9O2/c1-4-5-10-23-16-26(39(37-23)24-12-6-8-19(13-24)17-31)35-30(41)34-22-11-7-9-20(14-22)25-15-21-18-33-29(32-2)36-27(21)38(3)28(25)40/h6-9,11-16,18H,4-5,10H2,1-3H3,(H,32,33,36)(H2,34,35,41). The summed E-state index contributed by atoms with van der Waals surface area (Å²) in [5.74, 6) is 0.901. The highest BCUT2D eigenvalue weighted by atomic mass is 16.2. The van der Waals surface area contributed by atoms with Crippen molar-refractivity contribution >= 4 is 34.5 Å².